The number of rotatable bonds is 6. The first kappa shape index (κ1) is 25.4. The molecule has 33 heavy (non-hydrogen) atoms. The van der Waals surface area contributed by atoms with Gasteiger partial charge in [0.2, 0.25) is 0 Å². The molecule has 1 atom stereocenters. The minimum atomic E-state index is -3.35. The molecule has 1 unspecified atom stereocenters. The Labute approximate surface area is 196 Å². The van der Waals surface area contributed by atoms with E-state index in [1.807, 2.05) is 20.8 Å². The summed E-state index contributed by atoms with van der Waals surface area (Å²) in [4.78, 5) is 18.3. The monoisotopic (exact) mass is 500 g/mol. The molecule has 0 aromatic heterocycles. The van der Waals surface area contributed by atoms with E-state index in [9.17, 15) is 21.8 Å². The molecule has 0 saturated carbocycles. The lowest BCUT2D eigenvalue weighted by atomic mass is 9.98. The standard InChI is InChI=1S/C22H29FN2O6S2/c1-22(2,3)31-21(26)25-9-7-15(8-10-25)20-24-17(13-32(20)27)12-30-18-6-5-16(19(23)11-18)14-33(4,28)29/h5-6,11,13,15H,7-10,12,14H2,1-4H3. The summed E-state index contributed by atoms with van der Waals surface area (Å²) in [7, 11) is -4.72. The van der Waals surface area contributed by atoms with E-state index in [-0.39, 0.29) is 35.7 Å². The Hall–Kier alpha value is -2.27. The highest BCUT2D eigenvalue weighted by Crippen LogP contribution is 2.27. The Morgan fingerprint density at radius 1 is 1.27 bits per heavy atom. The highest BCUT2D eigenvalue weighted by molar-refractivity contribution is 8.03. The average Bonchev–Trinajstić information content (AvgIpc) is 3.07. The van der Waals surface area contributed by atoms with Crippen molar-refractivity contribution in [1.82, 2.24) is 4.90 Å². The Balaban J connectivity index is 1.54. The van der Waals surface area contributed by atoms with Gasteiger partial charge in [0.25, 0.3) is 0 Å². The van der Waals surface area contributed by atoms with Crippen LogP contribution < -0.4 is 4.74 Å². The largest absolute Gasteiger partial charge is 0.487 e. The van der Waals surface area contributed by atoms with Gasteiger partial charge in [0.05, 0.1) is 22.2 Å². The second-order valence-electron chi connectivity index (χ2n) is 9.21. The van der Waals surface area contributed by atoms with Gasteiger partial charge >= 0.3 is 6.09 Å². The molecule has 0 spiro atoms. The quantitative estimate of drug-likeness (QED) is 0.593. The van der Waals surface area contributed by atoms with E-state index in [0.717, 1.165) is 12.3 Å². The molecule has 3 rings (SSSR count). The first-order chi connectivity index (χ1) is 15.3. The van der Waals surface area contributed by atoms with Gasteiger partial charge in [-0.1, -0.05) is 6.07 Å². The predicted molar refractivity (Wildman–Crippen MR) is 125 cm³/mol. The molecular weight excluding hydrogens is 471 g/mol. The SMILES string of the molecule is CC(C)(C)OC(=O)N1CCC(C2=NC(COc3ccc(CS(C)(=O)=O)c(F)c3)=CS2=O)CC1. The normalized spacial score (nSPS) is 19.8. The maximum absolute atomic E-state index is 14.2. The molecule has 2 heterocycles. The van der Waals surface area contributed by atoms with Crippen LogP contribution in [0.2, 0.25) is 0 Å². The third-order valence-electron chi connectivity index (χ3n) is 5.03. The van der Waals surface area contributed by atoms with Crippen molar-refractivity contribution >= 4 is 31.8 Å². The summed E-state index contributed by atoms with van der Waals surface area (Å²) in [6.45, 7) is 6.48. The Morgan fingerprint density at radius 2 is 1.94 bits per heavy atom. The number of carbonyl (C=O) groups excluding carboxylic acids is 1. The Bertz CT molecular complexity index is 1100. The van der Waals surface area contributed by atoms with Crippen LogP contribution in [0.5, 0.6) is 5.75 Å². The zero-order chi connectivity index (χ0) is 24.4. The van der Waals surface area contributed by atoms with Gasteiger partial charge in [0.1, 0.15) is 28.8 Å². The van der Waals surface area contributed by atoms with Gasteiger partial charge in [0.15, 0.2) is 9.84 Å². The number of piperidine rings is 1. The number of nitrogens with zero attached hydrogens (tertiary/aromatic N) is 2. The van der Waals surface area contributed by atoms with E-state index < -0.39 is 32.1 Å². The number of benzene rings is 1. The third kappa shape index (κ3) is 7.36. The van der Waals surface area contributed by atoms with Gasteiger partial charge in [0, 0.05) is 42.3 Å². The predicted octanol–water partition coefficient (Wildman–Crippen LogP) is 3.40. The van der Waals surface area contributed by atoms with Crippen molar-refractivity contribution in [2.45, 2.75) is 45.0 Å². The van der Waals surface area contributed by atoms with Gasteiger partial charge in [-0.15, -0.1) is 0 Å². The van der Waals surface area contributed by atoms with Crippen molar-refractivity contribution in [2.75, 3.05) is 26.0 Å². The molecule has 2 aliphatic heterocycles. The van der Waals surface area contributed by atoms with E-state index in [2.05, 4.69) is 4.99 Å². The van der Waals surface area contributed by atoms with Crippen LogP contribution >= 0.6 is 0 Å². The Kier molecular flexibility index (Phi) is 7.62. The minimum Gasteiger partial charge on any atom is -0.487 e. The maximum atomic E-state index is 14.2. The van der Waals surface area contributed by atoms with Crippen molar-refractivity contribution < 1.29 is 31.3 Å². The number of aliphatic imine (C=N–C) groups is 1. The lowest BCUT2D eigenvalue weighted by Gasteiger charge is -2.33. The minimum absolute atomic E-state index is 0.00834. The molecule has 0 aliphatic carbocycles. The van der Waals surface area contributed by atoms with E-state index in [4.69, 9.17) is 9.47 Å². The number of halogens is 1. The first-order valence-corrected chi connectivity index (χ1v) is 13.8. The van der Waals surface area contributed by atoms with Gasteiger partial charge in [-0.2, -0.15) is 0 Å². The molecule has 11 heteroatoms. The molecule has 8 nitrogen and oxygen atoms in total. The molecule has 1 aromatic rings. The van der Waals surface area contributed by atoms with Crippen molar-refractivity contribution in [3.63, 3.8) is 0 Å². The summed E-state index contributed by atoms with van der Waals surface area (Å²) in [6.07, 6.45) is 1.97. The fraction of sp³-hybridized carbons (Fsp3) is 0.545. The van der Waals surface area contributed by atoms with Crippen LogP contribution in [0.15, 0.2) is 34.3 Å². The van der Waals surface area contributed by atoms with Crippen LogP contribution in [-0.2, 0) is 31.1 Å². The molecule has 182 valence electrons. The summed E-state index contributed by atoms with van der Waals surface area (Å²) >= 11 is 0. The number of hydrogen-bond acceptors (Lipinski definition) is 7. The number of hydrogen-bond donors (Lipinski definition) is 0. The maximum Gasteiger partial charge on any atom is 0.410 e. The van der Waals surface area contributed by atoms with Crippen molar-refractivity contribution in [3.8, 4) is 5.75 Å². The van der Waals surface area contributed by atoms with Crippen molar-refractivity contribution in [1.29, 1.82) is 0 Å². The fourth-order valence-corrected chi connectivity index (χ4v) is 5.59. The molecular formula is C22H29FN2O6S2. The number of carbonyl (C=O) groups is 1. The summed E-state index contributed by atoms with van der Waals surface area (Å²) in [5, 5.41) is 2.08. The van der Waals surface area contributed by atoms with Crippen molar-refractivity contribution in [2.24, 2.45) is 10.9 Å². The lowest BCUT2D eigenvalue weighted by molar-refractivity contribution is 0.0202. The molecule has 1 saturated heterocycles. The van der Waals surface area contributed by atoms with E-state index in [0.29, 0.717) is 36.7 Å². The van der Waals surface area contributed by atoms with E-state index in [1.165, 1.54) is 17.5 Å². The Morgan fingerprint density at radius 3 is 2.52 bits per heavy atom. The second kappa shape index (κ2) is 9.92. The van der Waals surface area contributed by atoms with Crippen LogP contribution in [0.25, 0.3) is 0 Å². The molecule has 0 bridgehead atoms. The molecule has 2 aliphatic rings. The van der Waals surface area contributed by atoms with E-state index >= 15 is 0 Å². The smallest absolute Gasteiger partial charge is 0.410 e. The van der Waals surface area contributed by atoms with Gasteiger partial charge < -0.3 is 14.4 Å². The highest BCUT2D eigenvalue weighted by atomic mass is 32.2. The first-order valence-electron chi connectivity index (χ1n) is 10.6. The summed E-state index contributed by atoms with van der Waals surface area (Å²) in [5.41, 5.74) is 0.00312. The van der Waals surface area contributed by atoms with Crippen molar-refractivity contribution in [3.05, 3.63) is 40.7 Å². The zero-order valence-electron chi connectivity index (χ0n) is 19.2. The molecule has 0 N–H and O–H groups in total. The molecule has 0 radical (unpaired) electrons. The van der Waals surface area contributed by atoms with E-state index in [1.54, 1.807) is 4.90 Å². The number of sulfone groups is 1. The average molecular weight is 501 g/mol. The van der Waals surface area contributed by atoms with Crippen LogP contribution in [0.1, 0.15) is 39.2 Å². The van der Waals surface area contributed by atoms with Crippen LogP contribution in [0.3, 0.4) is 0 Å². The molecule has 1 fully saturated rings. The fourth-order valence-electron chi connectivity index (χ4n) is 3.53. The molecule has 1 amide bonds. The lowest BCUT2D eigenvalue weighted by Crippen LogP contribution is -2.43. The topological polar surface area (TPSA) is 102 Å². The summed E-state index contributed by atoms with van der Waals surface area (Å²) in [6, 6.07) is 4.00. The van der Waals surface area contributed by atoms with Crippen LogP contribution in [-0.4, -0.2) is 60.2 Å². The summed E-state index contributed by atoms with van der Waals surface area (Å²) < 4.78 is 60.4. The van der Waals surface area contributed by atoms with Crippen LogP contribution in [0, 0.1) is 11.7 Å². The van der Waals surface area contributed by atoms with Gasteiger partial charge in [-0.05, 0) is 39.7 Å². The number of amides is 1. The number of likely N-dealkylation sites (tertiary alicyclic amines) is 1. The molecule has 1 aromatic carbocycles. The van der Waals surface area contributed by atoms with Crippen LogP contribution in [0.4, 0.5) is 9.18 Å². The van der Waals surface area contributed by atoms with Gasteiger partial charge in [-0.3, -0.25) is 0 Å². The van der Waals surface area contributed by atoms with Gasteiger partial charge in [-0.25, -0.2) is 26.8 Å². The summed E-state index contributed by atoms with van der Waals surface area (Å²) in [5.74, 6) is -0.830. The number of ether oxygens (including phenoxy) is 2. The zero-order valence-corrected chi connectivity index (χ0v) is 20.8. The third-order valence-corrected chi connectivity index (χ3v) is 7.19. The second-order valence-corrected chi connectivity index (χ2v) is 12.6. The highest BCUT2D eigenvalue weighted by Gasteiger charge is 2.32.